The summed E-state index contributed by atoms with van der Waals surface area (Å²) in [6, 6.07) is 11.5. The van der Waals surface area contributed by atoms with Gasteiger partial charge in [-0.3, -0.25) is 25.0 Å². The first-order valence-electron chi connectivity index (χ1n) is 10.8. The van der Waals surface area contributed by atoms with Crippen LogP contribution in [0.1, 0.15) is 32.2 Å². The maximum Gasteiger partial charge on any atom is 0.287 e. The number of non-ortho nitro benzene ring substituents is 1. The van der Waals surface area contributed by atoms with Crippen LogP contribution in [0.25, 0.3) is 10.9 Å². The van der Waals surface area contributed by atoms with Crippen molar-refractivity contribution in [3.8, 4) is 11.6 Å². The van der Waals surface area contributed by atoms with E-state index in [1.807, 2.05) is 20.8 Å². The molecule has 37 heavy (non-hydrogen) atoms. The van der Waals surface area contributed by atoms with Crippen LogP contribution in [0.4, 0.5) is 11.4 Å². The Hall–Kier alpha value is -4.52. The van der Waals surface area contributed by atoms with Crippen LogP contribution in [0.2, 0.25) is 0 Å². The summed E-state index contributed by atoms with van der Waals surface area (Å²) < 4.78 is 7.58. The smallest absolute Gasteiger partial charge is 0.287 e. The van der Waals surface area contributed by atoms with E-state index in [0.717, 1.165) is 10.9 Å². The molecule has 4 rings (SSSR count). The number of benzene rings is 2. The molecule has 0 aliphatic carbocycles. The third-order valence-corrected chi connectivity index (χ3v) is 5.63. The second kappa shape index (κ2) is 9.85. The summed E-state index contributed by atoms with van der Waals surface area (Å²) >= 11 is 3.36. The highest BCUT2D eigenvalue weighted by molar-refractivity contribution is 9.10. The quantitative estimate of drug-likeness (QED) is 0.172. The molecule has 0 fully saturated rings. The highest BCUT2D eigenvalue weighted by Crippen LogP contribution is 2.28. The van der Waals surface area contributed by atoms with Gasteiger partial charge in [-0.25, -0.2) is 9.97 Å². The lowest BCUT2D eigenvalue weighted by atomic mass is 9.95. The van der Waals surface area contributed by atoms with E-state index < -0.39 is 20.8 Å². The minimum atomic E-state index is -0.596. The second-order valence-electron chi connectivity index (χ2n) is 8.90. The highest BCUT2D eigenvalue weighted by atomic mass is 79.9. The topological polar surface area (TPSA) is 156 Å². The Morgan fingerprint density at radius 3 is 2.35 bits per heavy atom. The van der Waals surface area contributed by atoms with Crippen molar-refractivity contribution in [2.45, 2.75) is 26.2 Å². The van der Waals surface area contributed by atoms with Crippen molar-refractivity contribution < 1.29 is 14.6 Å². The SMILES string of the molecule is CC(C)(C)c1nc2ccc(Br)cc2c(=O)n1N=Cc1cc([N+](=O)[O-])ccc1Oc1ccc([N+](=O)[O-])cn1. The Labute approximate surface area is 217 Å². The second-order valence-corrected chi connectivity index (χ2v) is 9.82. The summed E-state index contributed by atoms with van der Waals surface area (Å²) in [7, 11) is 0. The third kappa shape index (κ3) is 5.51. The largest absolute Gasteiger partial charge is 0.438 e. The summed E-state index contributed by atoms with van der Waals surface area (Å²) in [4.78, 5) is 43.0. The van der Waals surface area contributed by atoms with E-state index in [2.05, 4.69) is 31.0 Å². The molecule has 2 aromatic heterocycles. The minimum Gasteiger partial charge on any atom is -0.438 e. The molecular formula is C24H19BrN6O6. The molecule has 0 aliphatic rings. The van der Waals surface area contributed by atoms with Crippen molar-refractivity contribution in [3.63, 3.8) is 0 Å². The number of fused-ring (bicyclic) bond motifs is 1. The molecule has 0 N–H and O–H groups in total. The van der Waals surface area contributed by atoms with E-state index >= 15 is 0 Å². The molecule has 0 radical (unpaired) electrons. The number of pyridine rings is 1. The molecule has 2 aromatic carbocycles. The Kier molecular flexibility index (Phi) is 6.81. The average molecular weight is 567 g/mol. The van der Waals surface area contributed by atoms with Gasteiger partial charge in [-0.2, -0.15) is 9.78 Å². The number of nitrogens with zero attached hydrogens (tertiary/aromatic N) is 6. The number of ether oxygens (including phenoxy) is 1. The predicted octanol–water partition coefficient (Wildman–Crippen LogP) is 5.34. The van der Waals surface area contributed by atoms with Crippen molar-refractivity contribution in [2.75, 3.05) is 0 Å². The highest BCUT2D eigenvalue weighted by Gasteiger charge is 2.23. The van der Waals surface area contributed by atoms with Crippen LogP contribution in [-0.2, 0) is 5.41 Å². The zero-order chi connectivity index (χ0) is 26.9. The van der Waals surface area contributed by atoms with E-state index in [1.165, 1.54) is 36.5 Å². The molecule has 0 saturated heterocycles. The van der Waals surface area contributed by atoms with Crippen molar-refractivity contribution in [2.24, 2.45) is 5.10 Å². The predicted molar refractivity (Wildman–Crippen MR) is 139 cm³/mol. The number of nitro benzene ring substituents is 1. The van der Waals surface area contributed by atoms with Gasteiger partial charge < -0.3 is 4.74 Å². The van der Waals surface area contributed by atoms with Gasteiger partial charge in [0.2, 0.25) is 5.88 Å². The lowest BCUT2D eigenvalue weighted by molar-refractivity contribution is -0.385. The van der Waals surface area contributed by atoms with Gasteiger partial charge in [-0.15, -0.1) is 0 Å². The van der Waals surface area contributed by atoms with E-state index in [0.29, 0.717) is 21.2 Å². The van der Waals surface area contributed by atoms with Gasteiger partial charge in [0.1, 0.15) is 17.8 Å². The van der Waals surface area contributed by atoms with Gasteiger partial charge in [0.15, 0.2) is 0 Å². The number of hydrogen-bond acceptors (Lipinski definition) is 9. The first kappa shape index (κ1) is 25.6. The summed E-state index contributed by atoms with van der Waals surface area (Å²) in [5, 5.41) is 27.0. The molecule has 0 amide bonds. The molecule has 0 bridgehead atoms. The van der Waals surface area contributed by atoms with E-state index in [4.69, 9.17) is 4.74 Å². The number of hydrogen-bond donors (Lipinski definition) is 0. The van der Waals surface area contributed by atoms with Crippen LogP contribution in [-0.4, -0.2) is 30.7 Å². The molecule has 188 valence electrons. The van der Waals surface area contributed by atoms with Gasteiger partial charge in [0, 0.05) is 39.7 Å². The maximum absolute atomic E-state index is 13.4. The first-order chi connectivity index (χ1) is 17.4. The zero-order valence-electron chi connectivity index (χ0n) is 19.8. The molecule has 0 saturated carbocycles. The monoisotopic (exact) mass is 566 g/mol. The molecular weight excluding hydrogens is 548 g/mol. The normalized spacial score (nSPS) is 11.7. The van der Waals surface area contributed by atoms with Gasteiger partial charge in [0.05, 0.1) is 27.0 Å². The Morgan fingerprint density at radius 1 is 1.03 bits per heavy atom. The third-order valence-electron chi connectivity index (χ3n) is 5.14. The van der Waals surface area contributed by atoms with Crippen LogP contribution in [0, 0.1) is 20.2 Å². The van der Waals surface area contributed by atoms with Crippen LogP contribution < -0.4 is 10.3 Å². The van der Waals surface area contributed by atoms with Crippen molar-refractivity contribution in [1.29, 1.82) is 0 Å². The Bertz CT molecular complexity index is 1630. The van der Waals surface area contributed by atoms with E-state index in [1.54, 1.807) is 18.2 Å². The number of halogens is 1. The van der Waals surface area contributed by atoms with Gasteiger partial charge >= 0.3 is 0 Å². The van der Waals surface area contributed by atoms with E-state index in [9.17, 15) is 25.0 Å². The van der Waals surface area contributed by atoms with Crippen molar-refractivity contribution >= 4 is 44.4 Å². The molecule has 4 aromatic rings. The zero-order valence-corrected chi connectivity index (χ0v) is 21.4. The van der Waals surface area contributed by atoms with Gasteiger partial charge in [0.25, 0.3) is 16.9 Å². The van der Waals surface area contributed by atoms with Crippen LogP contribution in [0.3, 0.4) is 0 Å². The van der Waals surface area contributed by atoms with E-state index in [-0.39, 0.29) is 28.6 Å². The standard InChI is InChI=1S/C24H19BrN6O6/c1-24(2,3)23-28-19-7-4-15(25)11-18(19)22(32)29(23)27-12-14-10-16(30(33)34)5-8-20(14)37-21-9-6-17(13-26-21)31(35)36/h4-13H,1-3H3. The summed E-state index contributed by atoms with van der Waals surface area (Å²) in [6.07, 6.45) is 2.29. The molecule has 0 spiro atoms. The first-order valence-corrected chi connectivity index (χ1v) is 11.6. The lowest BCUT2D eigenvalue weighted by Crippen LogP contribution is -2.29. The van der Waals surface area contributed by atoms with Crippen molar-refractivity contribution in [3.05, 3.63) is 101 Å². The summed E-state index contributed by atoms with van der Waals surface area (Å²) in [5.41, 5.74) is -0.750. The molecule has 12 nitrogen and oxygen atoms in total. The van der Waals surface area contributed by atoms with Crippen LogP contribution >= 0.6 is 15.9 Å². The Balaban J connectivity index is 1.84. The minimum absolute atomic E-state index is 0.0267. The number of rotatable bonds is 6. The number of aromatic nitrogens is 3. The molecule has 0 unspecified atom stereocenters. The molecule has 0 atom stereocenters. The van der Waals surface area contributed by atoms with Gasteiger partial charge in [-0.1, -0.05) is 36.7 Å². The Morgan fingerprint density at radius 2 is 1.73 bits per heavy atom. The van der Waals surface area contributed by atoms with Crippen LogP contribution in [0.5, 0.6) is 11.6 Å². The fraction of sp³-hybridized carbons (Fsp3) is 0.167. The van der Waals surface area contributed by atoms with Gasteiger partial charge in [-0.05, 0) is 24.3 Å². The fourth-order valence-electron chi connectivity index (χ4n) is 3.36. The average Bonchev–Trinajstić information content (AvgIpc) is 2.84. The molecule has 13 heteroatoms. The molecule has 0 aliphatic heterocycles. The van der Waals surface area contributed by atoms with Crippen molar-refractivity contribution in [1.82, 2.24) is 14.6 Å². The molecule has 2 heterocycles. The van der Waals surface area contributed by atoms with Crippen LogP contribution in [0.15, 0.2) is 69.1 Å². The maximum atomic E-state index is 13.4. The lowest BCUT2D eigenvalue weighted by Gasteiger charge is -2.21. The summed E-state index contributed by atoms with van der Waals surface area (Å²) in [5.74, 6) is 0.546. The number of nitro groups is 2. The fourth-order valence-corrected chi connectivity index (χ4v) is 3.72. The summed E-state index contributed by atoms with van der Waals surface area (Å²) in [6.45, 7) is 5.65.